The number of carbonyl (C=O) groups excluding carboxylic acids is 1. The van der Waals surface area contributed by atoms with Gasteiger partial charge in [-0.05, 0) is 43.2 Å². The molecular formula is C20H16F4N4O2. The number of pyridine rings is 1. The van der Waals surface area contributed by atoms with Gasteiger partial charge in [0.2, 0.25) is 5.82 Å². The summed E-state index contributed by atoms with van der Waals surface area (Å²) in [7, 11) is 0. The second-order valence-corrected chi connectivity index (χ2v) is 6.99. The van der Waals surface area contributed by atoms with Crippen LogP contribution >= 0.6 is 0 Å². The predicted octanol–water partition coefficient (Wildman–Crippen LogP) is 4.31. The van der Waals surface area contributed by atoms with Gasteiger partial charge in [0.05, 0.1) is 0 Å². The Hall–Kier alpha value is -3.30. The molecule has 1 saturated heterocycles. The van der Waals surface area contributed by atoms with Crippen molar-refractivity contribution in [1.29, 1.82) is 0 Å². The number of piperidine rings is 1. The average Bonchev–Trinajstić information content (AvgIpc) is 3.24. The van der Waals surface area contributed by atoms with E-state index in [4.69, 9.17) is 0 Å². The first-order valence-corrected chi connectivity index (χ1v) is 9.23. The Morgan fingerprint density at radius 3 is 2.70 bits per heavy atom. The molecule has 1 aromatic carbocycles. The number of halogens is 4. The van der Waals surface area contributed by atoms with Crippen molar-refractivity contribution in [1.82, 2.24) is 20.0 Å². The maximum Gasteiger partial charge on any atom is 0.471 e. The van der Waals surface area contributed by atoms with Crippen LogP contribution in [0.4, 0.5) is 17.6 Å². The zero-order valence-corrected chi connectivity index (χ0v) is 15.6. The van der Waals surface area contributed by atoms with E-state index in [1.165, 1.54) is 24.4 Å². The molecule has 0 spiro atoms. The third-order valence-corrected chi connectivity index (χ3v) is 4.91. The molecule has 3 aromatic rings. The summed E-state index contributed by atoms with van der Waals surface area (Å²) in [6.07, 6.45) is -1.76. The number of rotatable bonds is 3. The number of alkyl halides is 3. The zero-order valence-electron chi connectivity index (χ0n) is 15.6. The summed E-state index contributed by atoms with van der Waals surface area (Å²) in [5.41, 5.74) is 1.29. The highest BCUT2D eigenvalue weighted by atomic mass is 19.4. The summed E-state index contributed by atoms with van der Waals surface area (Å²) in [5.74, 6) is -2.38. The summed E-state index contributed by atoms with van der Waals surface area (Å²) in [6, 6.07) is 8.80. The Bertz CT molecular complexity index is 1050. The first-order valence-electron chi connectivity index (χ1n) is 9.23. The Balaban J connectivity index is 1.47. The van der Waals surface area contributed by atoms with Crippen LogP contribution in [0.25, 0.3) is 11.4 Å². The van der Waals surface area contributed by atoms with E-state index in [1.54, 1.807) is 23.1 Å². The first kappa shape index (κ1) is 20.0. The minimum absolute atomic E-state index is 0.0405. The first-order chi connectivity index (χ1) is 14.3. The summed E-state index contributed by atoms with van der Waals surface area (Å²) in [5, 5.41) is 3.34. The molecule has 2 aromatic heterocycles. The number of nitrogens with zero attached hydrogens (tertiary/aromatic N) is 4. The molecule has 0 radical (unpaired) electrons. The fourth-order valence-corrected chi connectivity index (χ4v) is 3.44. The van der Waals surface area contributed by atoms with Crippen molar-refractivity contribution in [2.45, 2.75) is 24.9 Å². The van der Waals surface area contributed by atoms with Gasteiger partial charge in [-0.25, -0.2) is 4.39 Å². The SMILES string of the molecule is O=C(c1cccc(F)c1)N1CCC[C@H](c2ccc(-c3noc(C(F)(F)F)n3)cn2)C1. The second kappa shape index (κ2) is 7.85. The van der Waals surface area contributed by atoms with Crippen molar-refractivity contribution in [3.8, 4) is 11.4 Å². The highest BCUT2D eigenvalue weighted by Crippen LogP contribution is 2.30. The summed E-state index contributed by atoms with van der Waals surface area (Å²) >= 11 is 0. The number of likely N-dealkylation sites (tertiary alicyclic amines) is 1. The number of hydrogen-bond donors (Lipinski definition) is 0. The van der Waals surface area contributed by atoms with Gasteiger partial charge in [0.15, 0.2) is 0 Å². The van der Waals surface area contributed by atoms with Gasteiger partial charge in [-0.15, -0.1) is 0 Å². The quantitative estimate of drug-likeness (QED) is 0.591. The molecule has 0 N–H and O–H groups in total. The van der Waals surface area contributed by atoms with Crippen LogP contribution in [0.2, 0.25) is 0 Å². The lowest BCUT2D eigenvalue weighted by Gasteiger charge is -2.32. The zero-order chi connectivity index (χ0) is 21.3. The molecule has 4 rings (SSSR count). The molecule has 10 heteroatoms. The van der Waals surface area contributed by atoms with Gasteiger partial charge in [-0.3, -0.25) is 9.78 Å². The van der Waals surface area contributed by atoms with Crippen LogP contribution in [-0.4, -0.2) is 39.0 Å². The smallest absolute Gasteiger partial charge is 0.338 e. The lowest BCUT2D eigenvalue weighted by Crippen LogP contribution is -2.39. The maximum atomic E-state index is 13.4. The van der Waals surface area contributed by atoms with Gasteiger partial charge in [0.25, 0.3) is 5.91 Å². The molecule has 3 heterocycles. The van der Waals surface area contributed by atoms with Gasteiger partial charge in [-0.1, -0.05) is 11.2 Å². The van der Waals surface area contributed by atoms with Crippen LogP contribution in [0, 0.1) is 5.82 Å². The number of aromatic nitrogens is 3. The van der Waals surface area contributed by atoms with E-state index < -0.39 is 17.9 Å². The highest BCUT2D eigenvalue weighted by Gasteiger charge is 2.38. The van der Waals surface area contributed by atoms with E-state index in [0.29, 0.717) is 24.3 Å². The van der Waals surface area contributed by atoms with Gasteiger partial charge in [0.1, 0.15) is 5.82 Å². The van der Waals surface area contributed by atoms with E-state index in [9.17, 15) is 22.4 Å². The van der Waals surface area contributed by atoms with Gasteiger partial charge in [-0.2, -0.15) is 18.2 Å². The van der Waals surface area contributed by atoms with Crippen molar-refractivity contribution in [3.63, 3.8) is 0 Å². The minimum Gasteiger partial charge on any atom is -0.338 e. The summed E-state index contributed by atoms with van der Waals surface area (Å²) < 4.78 is 55.5. The van der Waals surface area contributed by atoms with Crippen LogP contribution in [0.15, 0.2) is 47.1 Å². The minimum atomic E-state index is -4.71. The average molecular weight is 420 g/mol. The van der Waals surface area contributed by atoms with Crippen LogP contribution < -0.4 is 0 Å². The van der Waals surface area contributed by atoms with E-state index >= 15 is 0 Å². The van der Waals surface area contributed by atoms with Crippen molar-refractivity contribution >= 4 is 5.91 Å². The van der Waals surface area contributed by atoms with E-state index in [2.05, 4.69) is 19.6 Å². The van der Waals surface area contributed by atoms with Crippen LogP contribution in [0.1, 0.15) is 40.7 Å². The van der Waals surface area contributed by atoms with Crippen molar-refractivity contribution < 1.29 is 26.9 Å². The van der Waals surface area contributed by atoms with Crippen LogP contribution in [-0.2, 0) is 6.18 Å². The van der Waals surface area contributed by atoms with E-state index in [0.717, 1.165) is 12.8 Å². The molecule has 0 aliphatic carbocycles. The lowest BCUT2D eigenvalue weighted by molar-refractivity contribution is -0.159. The molecule has 1 aliphatic heterocycles. The van der Waals surface area contributed by atoms with E-state index in [1.807, 2.05) is 0 Å². The molecule has 30 heavy (non-hydrogen) atoms. The summed E-state index contributed by atoms with van der Waals surface area (Å²) in [4.78, 5) is 22.0. The molecular weight excluding hydrogens is 404 g/mol. The Kier molecular flexibility index (Phi) is 5.23. The highest BCUT2D eigenvalue weighted by molar-refractivity contribution is 5.94. The Morgan fingerprint density at radius 2 is 2.03 bits per heavy atom. The topological polar surface area (TPSA) is 72.1 Å². The van der Waals surface area contributed by atoms with Gasteiger partial charge >= 0.3 is 12.1 Å². The van der Waals surface area contributed by atoms with Gasteiger partial charge < -0.3 is 9.42 Å². The third kappa shape index (κ3) is 4.17. The summed E-state index contributed by atoms with van der Waals surface area (Å²) in [6.45, 7) is 0.981. The van der Waals surface area contributed by atoms with E-state index in [-0.39, 0.29) is 23.2 Å². The molecule has 1 atom stereocenters. The lowest BCUT2D eigenvalue weighted by atomic mass is 9.93. The molecule has 0 saturated carbocycles. The molecule has 0 bridgehead atoms. The molecule has 1 fully saturated rings. The predicted molar refractivity (Wildman–Crippen MR) is 96.8 cm³/mol. The largest absolute Gasteiger partial charge is 0.471 e. The van der Waals surface area contributed by atoms with Gasteiger partial charge in [0, 0.05) is 42.0 Å². The Morgan fingerprint density at radius 1 is 1.20 bits per heavy atom. The van der Waals surface area contributed by atoms with Crippen LogP contribution in [0.3, 0.4) is 0 Å². The normalized spacial score (nSPS) is 17.2. The molecule has 156 valence electrons. The maximum absolute atomic E-state index is 13.4. The molecule has 0 unspecified atom stereocenters. The standard InChI is InChI=1S/C20H16F4N4O2/c21-15-5-1-3-12(9-15)18(29)28-8-2-4-14(11-28)16-7-6-13(10-25-16)17-26-19(30-27-17)20(22,23)24/h1,3,5-7,9-10,14H,2,4,8,11H2/t14-/m0/s1. The Labute approximate surface area is 168 Å². The molecule has 1 amide bonds. The molecule has 1 aliphatic rings. The van der Waals surface area contributed by atoms with Crippen molar-refractivity contribution in [2.75, 3.05) is 13.1 Å². The monoisotopic (exact) mass is 420 g/mol. The fraction of sp³-hybridized carbons (Fsp3) is 0.300. The second-order valence-electron chi connectivity index (χ2n) is 6.99. The fourth-order valence-electron chi connectivity index (χ4n) is 3.44. The third-order valence-electron chi connectivity index (χ3n) is 4.91. The number of benzene rings is 1. The number of carbonyl (C=O) groups is 1. The van der Waals surface area contributed by atoms with Crippen molar-refractivity contribution in [2.24, 2.45) is 0 Å². The number of amides is 1. The number of hydrogen-bond acceptors (Lipinski definition) is 5. The van der Waals surface area contributed by atoms with Crippen LogP contribution in [0.5, 0.6) is 0 Å². The molecule has 6 nitrogen and oxygen atoms in total. The van der Waals surface area contributed by atoms with Crippen molar-refractivity contribution in [3.05, 3.63) is 65.6 Å².